The molecule has 3 rings (SSSR count). The average molecular weight is 239 g/mol. The molecule has 3 nitrogen and oxygen atoms in total. The summed E-state index contributed by atoms with van der Waals surface area (Å²) in [4.78, 5) is 0. The predicted octanol–water partition coefficient (Wildman–Crippen LogP) is 2.09. The summed E-state index contributed by atoms with van der Waals surface area (Å²) in [5.74, 6) is 1.68. The lowest BCUT2D eigenvalue weighted by atomic mass is 9.71. The van der Waals surface area contributed by atoms with E-state index in [2.05, 4.69) is 0 Å². The van der Waals surface area contributed by atoms with Crippen LogP contribution in [0, 0.1) is 11.8 Å². The molecular weight excluding hydrogens is 214 g/mol. The van der Waals surface area contributed by atoms with E-state index in [0.717, 1.165) is 38.1 Å². The Morgan fingerprint density at radius 1 is 1.06 bits per heavy atom. The Hall–Kier alpha value is -0.120. The van der Waals surface area contributed by atoms with E-state index in [-0.39, 0.29) is 5.60 Å². The Labute approximate surface area is 104 Å². The molecule has 3 heteroatoms. The molecule has 0 radical (unpaired) electrons. The lowest BCUT2D eigenvalue weighted by Gasteiger charge is -2.42. The molecule has 0 aromatic rings. The van der Waals surface area contributed by atoms with Gasteiger partial charge in [0.05, 0.1) is 12.2 Å². The van der Waals surface area contributed by atoms with E-state index in [9.17, 15) is 0 Å². The molecular formula is C14H25NO2. The molecule has 3 aliphatic rings. The molecule has 2 saturated heterocycles. The average Bonchev–Trinajstić information content (AvgIpc) is 2.77. The highest BCUT2D eigenvalue weighted by Crippen LogP contribution is 2.42. The molecule has 4 unspecified atom stereocenters. The van der Waals surface area contributed by atoms with Crippen molar-refractivity contribution < 1.29 is 9.47 Å². The van der Waals surface area contributed by atoms with E-state index < -0.39 is 0 Å². The summed E-state index contributed by atoms with van der Waals surface area (Å²) in [7, 11) is 0. The third-order valence-corrected chi connectivity index (χ3v) is 5.02. The van der Waals surface area contributed by atoms with Crippen LogP contribution in [-0.4, -0.2) is 31.5 Å². The number of hydrogen-bond acceptors (Lipinski definition) is 3. The van der Waals surface area contributed by atoms with Gasteiger partial charge >= 0.3 is 0 Å². The minimum Gasteiger partial charge on any atom is -0.378 e. The van der Waals surface area contributed by atoms with Gasteiger partial charge in [-0.05, 0) is 37.5 Å². The van der Waals surface area contributed by atoms with Crippen molar-refractivity contribution in [1.29, 1.82) is 0 Å². The topological polar surface area (TPSA) is 44.5 Å². The normalized spacial score (nSPS) is 47.5. The summed E-state index contributed by atoms with van der Waals surface area (Å²) in [5, 5.41) is 0. The summed E-state index contributed by atoms with van der Waals surface area (Å²) in [6.07, 6.45) is 8.73. The van der Waals surface area contributed by atoms with Gasteiger partial charge in [0.25, 0.3) is 0 Å². The second-order valence-corrected chi connectivity index (χ2v) is 6.27. The highest BCUT2D eigenvalue weighted by molar-refractivity contribution is 4.93. The van der Waals surface area contributed by atoms with Crippen molar-refractivity contribution >= 4 is 0 Å². The van der Waals surface area contributed by atoms with Gasteiger partial charge < -0.3 is 15.2 Å². The smallest absolute Gasteiger partial charge is 0.0939 e. The molecule has 1 saturated carbocycles. The molecule has 1 spiro atoms. The first-order valence-corrected chi connectivity index (χ1v) is 7.25. The van der Waals surface area contributed by atoms with Gasteiger partial charge in [-0.1, -0.05) is 12.8 Å². The van der Waals surface area contributed by atoms with Gasteiger partial charge in [0, 0.05) is 25.7 Å². The van der Waals surface area contributed by atoms with Gasteiger partial charge in [-0.2, -0.15) is 0 Å². The SMILES string of the molecule is NC1CCCC(C2CCOC3(CCOC3)C2)C1. The van der Waals surface area contributed by atoms with Crippen LogP contribution in [0.2, 0.25) is 0 Å². The van der Waals surface area contributed by atoms with Crippen molar-refractivity contribution in [3.05, 3.63) is 0 Å². The maximum absolute atomic E-state index is 6.12. The van der Waals surface area contributed by atoms with E-state index in [1.165, 1.54) is 38.5 Å². The lowest BCUT2D eigenvalue weighted by Crippen LogP contribution is -2.43. The second kappa shape index (κ2) is 4.87. The maximum atomic E-state index is 6.12. The number of ether oxygens (including phenoxy) is 2. The van der Waals surface area contributed by atoms with E-state index in [4.69, 9.17) is 15.2 Å². The molecule has 98 valence electrons. The monoisotopic (exact) mass is 239 g/mol. The van der Waals surface area contributed by atoms with Crippen molar-refractivity contribution in [2.75, 3.05) is 19.8 Å². The molecule has 2 N–H and O–H groups in total. The van der Waals surface area contributed by atoms with Crippen molar-refractivity contribution in [3.63, 3.8) is 0 Å². The van der Waals surface area contributed by atoms with E-state index in [1.54, 1.807) is 0 Å². The largest absolute Gasteiger partial charge is 0.378 e. The highest BCUT2D eigenvalue weighted by Gasteiger charge is 2.43. The van der Waals surface area contributed by atoms with E-state index in [0.29, 0.717) is 6.04 Å². The Bertz CT molecular complexity index is 263. The van der Waals surface area contributed by atoms with Gasteiger partial charge in [0.2, 0.25) is 0 Å². The van der Waals surface area contributed by atoms with E-state index >= 15 is 0 Å². The lowest BCUT2D eigenvalue weighted by molar-refractivity contribution is -0.109. The fourth-order valence-electron chi connectivity index (χ4n) is 4.03. The molecule has 4 atom stereocenters. The maximum Gasteiger partial charge on any atom is 0.0939 e. The van der Waals surface area contributed by atoms with Crippen LogP contribution in [0.3, 0.4) is 0 Å². The molecule has 17 heavy (non-hydrogen) atoms. The Morgan fingerprint density at radius 3 is 2.76 bits per heavy atom. The quantitative estimate of drug-likeness (QED) is 0.762. The number of hydrogen-bond donors (Lipinski definition) is 1. The zero-order valence-corrected chi connectivity index (χ0v) is 10.7. The van der Waals surface area contributed by atoms with Crippen molar-refractivity contribution in [2.45, 2.75) is 56.6 Å². The Kier molecular flexibility index (Phi) is 3.42. The molecule has 0 aromatic carbocycles. The summed E-state index contributed by atoms with van der Waals surface area (Å²) in [5.41, 5.74) is 6.19. The summed E-state index contributed by atoms with van der Waals surface area (Å²) < 4.78 is 11.6. The minimum absolute atomic E-state index is 0.0739. The van der Waals surface area contributed by atoms with Crippen LogP contribution in [0.25, 0.3) is 0 Å². The van der Waals surface area contributed by atoms with Crippen LogP contribution in [0.15, 0.2) is 0 Å². The van der Waals surface area contributed by atoms with Crippen LogP contribution < -0.4 is 5.73 Å². The van der Waals surface area contributed by atoms with Gasteiger partial charge in [-0.3, -0.25) is 0 Å². The predicted molar refractivity (Wildman–Crippen MR) is 66.8 cm³/mol. The summed E-state index contributed by atoms with van der Waals surface area (Å²) in [6, 6.07) is 0.451. The minimum atomic E-state index is 0.0739. The Morgan fingerprint density at radius 2 is 2.00 bits per heavy atom. The fraction of sp³-hybridized carbons (Fsp3) is 1.00. The van der Waals surface area contributed by atoms with Crippen molar-refractivity contribution in [3.8, 4) is 0 Å². The third kappa shape index (κ3) is 2.51. The molecule has 2 heterocycles. The first kappa shape index (κ1) is 11.9. The standard InChI is InChI=1S/C14H25NO2/c15-13-3-1-2-11(8-13)12-4-6-17-14(9-12)5-7-16-10-14/h11-13H,1-10,15H2. The van der Waals surface area contributed by atoms with Crippen LogP contribution >= 0.6 is 0 Å². The third-order valence-electron chi connectivity index (χ3n) is 5.02. The van der Waals surface area contributed by atoms with Gasteiger partial charge in [0.1, 0.15) is 0 Å². The van der Waals surface area contributed by atoms with Gasteiger partial charge in [-0.25, -0.2) is 0 Å². The molecule has 3 fully saturated rings. The molecule has 1 aliphatic carbocycles. The number of rotatable bonds is 1. The zero-order valence-electron chi connectivity index (χ0n) is 10.7. The molecule has 2 aliphatic heterocycles. The van der Waals surface area contributed by atoms with Gasteiger partial charge in [-0.15, -0.1) is 0 Å². The first-order valence-electron chi connectivity index (χ1n) is 7.25. The van der Waals surface area contributed by atoms with Crippen molar-refractivity contribution in [2.24, 2.45) is 17.6 Å². The molecule has 0 bridgehead atoms. The van der Waals surface area contributed by atoms with Crippen molar-refractivity contribution in [1.82, 2.24) is 0 Å². The highest BCUT2D eigenvalue weighted by atomic mass is 16.6. The fourth-order valence-corrected chi connectivity index (χ4v) is 4.03. The molecule has 0 amide bonds. The van der Waals surface area contributed by atoms with Crippen LogP contribution in [0.4, 0.5) is 0 Å². The van der Waals surface area contributed by atoms with Crippen LogP contribution in [-0.2, 0) is 9.47 Å². The summed E-state index contributed by atoms with van der Waals surface area (Å²) >= 11 is 0. The van der Waals surface area contributed by atoms with E-state index in [1.807, 2.05) is 0 Å². The second-order valence-electron chi connectivity index (χ2n) is 6.27. The summed E-state index contributed by atoms with van der Waals surface area (Å²) in [6.45, 7) is 2.64. The number of nitrogens with two attached hydrogens (primary N) is 1. The first-order chi connectivity index (χ1) is 8.27. The van der Waals surface area contributed by atoms with Crippen LogP contribution in [0.1, 0.15) is 44.9 Å². The van der Waals surface area contributed by atoms with Gasteiger partial charge in [0.15, 0.2) is 0 Å². The Balaban J connectivity index is 1.62. The zero-order chi connectivity index (χ0) is 11.7. The van der Waals surface area contributed by atoms with Crippen LogP contribution in [0.5, 0.6) is 0 Å². The molecule has 0 aromatic heterocycles.